The van der Waals surface area contributed by atoms with E-state index in [1.807, 2.05) is 11.0 Å². The molecule has 3 atom stereocenters. The highest BCUT2D eigenvalue weighted by atomic mass is 16.4. The Morgan fingerprint density at radius 2 is 1.56 bits per heavy atom. The number of carbonyl (C=O) groups is 6. The Bertz CT molecular complexity index is 1390. The lowest BCUT2D eigenvalue weighted by molar-refractivity contribution is -0.142. The van der Waals surface area contributed by atoms with Crippen LogP contribution < -0.4 is 26.2 Å². The van der Waals surface area contributed by atoms with E-state index in [1.165, 1.54) is 13.0 Å². The van der Waals surface area contributed by atoms with Gasteiger partial charge in [-0.2, -0.15) is 0 Å². The van der Waals surface area contributed by atoms with Crippen LogP contribution in [-0.2, 0) is 30.4 Å². The first-order valence-electron chi connectivity index (χ1n) is 14.1. The van der Waals surface area contributed by atoms with E-state index in [4.69, 9.17) is 0 Å². The van der Waals surface area contributed by atoms with E-state index in [2.05, 4.69) is 21.3 Å². The van der Waals surface area contributed by atoms with Gasteiger partial charge >= 0.3 is 11.9 Å². The summed E-state index contributed by atoms with van der Waals surface area (Å²) in [5, 5.41) is 29.1. The predicted octanol–water partition coefficient (Wildman–Crippen LogP) is 1.14. The first-order chi connectivity index (χ1) is 20.5. The average molecular weight is 594 g/mol. The molecule has 43 heavy (non-hydrogen) atoms. The Hall–Kier alpha value is -4.94. The number of hydrogen-bond acceptors (Lipinski definition) is 7. The quantitative estimate of drug-likeness (QED) is 0.273. The molecule has 0 aromatic heterocycles. The summed E-state index contributed by atoms with van der Waals surface area (Å²) >= 11 is 0. The minimum atomic E-state index is -1.26. The number of anilines is 2. The number of aliphatic carboxylic acids is 2. The molecule has 0 spiro atoms. The van der Waals surface area contributed by atoms with E-state index in [0.29, 0.717) is 31.6 Å². The summed E-state index contributed by atoms with van der Waals surface area (Å²) in [6.45, 7) is 2.32. The zero-order valence-corrected chi connectivity index (χ0v) is 23.7. The van der Waals surface area contributed by atoms with E-state index in [9.17, 15) is 39.0 Å². The van der Waals surface area contributed by atoms with E-state index < -0.39 is 66.0 Å². The van der Waals surface area contributed by atoms with Crippen molar-refractivity contribution in [3.05, 3.63) is 59.7 Å². The maximum atomic E-state index is 13.8. The fourth-order valence-corrected chi connectivity index (χ4v) is 5.14. The Balaban J connectivity index is 1.71. The molecule has 13 heteroatoms. The molecule has 0 radical (unpaired) electrons. The summed E-state index contributed by atoms with van der Waals surface area (Å²) in [6.07, 6.45) is 0.354. The molecule has 6 N–H and O–H groups in total. The van der Waals surface area contributed by atoms with Crippen LogP contribution in [0.25, 0.3) is 0 Å². The third-order valence-electron chi connectivity index (χ3n) is 7.65. The standard InChI is InChI=1S/C30H35N5O8/c1-17-26(38)33-23(9-10-25(36)37)28(40)32-22-8-7-20(35-13-11-19(12-14-35)30(42)43)16-21(22)27(39)34-24(29(41)31-17)15-18-5-3-2-4-6-18/h2-8,16-17,19,23-24H,9-15H2,1H3,(H,31,41)(H,32,40)(H,33,38)(H,34,39)(H,36,37)(H,42,43)/t17-,23-,24+/m0/s1. The van der Waals surface area contributed by atoms with Gasteiger partial charge in [-0.25, -0.2) is 0 Å². The van der Waals surface area contributed by atoms with Crippen molar-refractivity contribution < 1.29 is 39.0 Å². The van der Waals surface area contributed by atoms with Gasteiger partial charge in [-0.3, -0.25) is 28.8 Å². The second-order valence-corrected chi connectivity index (χ2v) is 10.8. The lowest BCUT2D eigenvalue weighted by Gasteiger charge is -2.32. The Morgan fingerprint density at radius 3 is 2.21 bits per heavy atom. The highest BCUT2D eigenvalue weighted by Gasteiger charge is 2.31. The van der Waals surface area contributed by atoms with Crippen LogP contribution >= 0.6 is 0 Å². The summed E-state index contributed by atoms with van der Waals surface area (Å²) in [7, 11) is 0. The number of nitrogens with one attached hydrogen (secondary N) is 4. The second-order valence-electron chi connectivity index (χ2n) is 10.8. The van der Waals surface area contributed by atoms with Crippen molar-refractivity contribution in [1.82, 2.24) is 16.0 Å². The molecular formula is C30H35N5O8. The molecule has 1 saturated heterocycles. The Labute approximate surface area is 248 Å². The highest BCUT2D eigenvalue weighted by molar-refractivity contribution is 6.08. The van der Waals surface area contributed by atoms with Crippen molar-refractivity contribution >= 4 is 46.9 Å². The Kier molecular flexibility index (Phi) is 9.96. The number of fused-ring (bicyclic) bond motifs is 1. The van der Waals surface area contributed by atoms with Crippen LogP contribution in [0.4, 0.5) is 11.4 Å². The zero-order chi connectivity index (χ0) is 31.1. The summed E-state index contributed by atoms with van der Waals surface area (Å²) in [5.74, 6) is -5.15. The molecular weight excluding hydrogens is 558 g/mol. The van der Waals surface area contributed by atoms with Crippen molar-refractivity contribution in [3.8, 4) is 0 Å². The summed E-state index contributed by atoms with van der Waals surface area (Å²) in [5.41, 5.74) is 1.55. The van der Waals surface area contributed by atoms with Crippen molar-refractivity contribution in [1.29, 1.82) is 0 Å². The normalized spacial score (nSPS) is 22.0. The van der Waals surface area contributed by atoms with Gasteiger partial charge in [-0.15, -0.1) is 0 Å². The summed E-state index contributed by atoms with van der Waals surface area (Å²) in [4.78, 5) is 78.0. The van der Waals surface area contributed by atoms with Crippen LogP contribution in [0, 0.1) is 5.92 Å². The first-order valence-corrected chi connectivity index (χ1v) is 14.1. The average Bonchev–Trinajstić information content (AvgIpc) is 2.99. The Morgan fingerprint density at radius 1 is 0.860 bits per heavy atom. The molecule has 2 aromatic rings. The third-order valence-corrected chi connectivity index (χ3v) is 7.65. The molecule has 0 saturated carbocycles. The zero-order valence-electron chi connectivity index (χ0n) is 23.7. The number of amides is 4. The monoisotopic (exact) mass is 593 g/mol. The molecule has 13 nitrogen and oxygen atoms in total. The van der Waals surface area contributed by atoms with Gasteiger partial charge in [0.2, 0.25) is 17.7 Å². The maximum absolute atomic E-state index is 13.8. The van der Waals surface area contributed by atoms with Crippen LogP contribution in [0.3, 0.4) is 0 Å². The summed E-state index contributed by atoms with van der Waals surface area (Å²) < 4.78 is 0. The molecule has 4 amide bonds. The van der Waals surface area contributed by atoms with E-state index in [-0.39, 0.29) is 24.1 Å². The molecule has 228 valence electrons. The molecule has 2 heterocycles. The lowest BCUT2D eigenvalue weighted by atomic mass is 9.96. The number of piperidine rings is 1. The number of carboxylic acid groups (broad SMARTS) is 2. The molecule has 0 bridgehead atoms. The molecule has 2 aromatic carbocycles. The highest BCUT2D eigenvalue weighted by Crippen LogP contribution is 2.28. The SMILES string of the molecule is C[C@@H]1NC(=O)[C@@H](Cc2ccccc2)NC(=O)c2cc(N3CCC(C(=O)O)CC3)ccc2NC(=O)[C@H](CCC(=O)O)NC1=O. The van der Waals surface area contributed by atoms with Gasteiger partial charge in [-0.05, 0) is 49.9 Å². The number of benzene rings is 2. The molecule has 0 unspecified atom stereocenters. The van der Waals surface area contributed by atoms with Gasteiger partial charge in [0, 0.05) is 31.6 Å². The minimum Gasteiger partial charge on any atom is -0.481 e. The fourth-order valence-electron chi connectivity index (χ4n) is 5.14. The van der Waals surface area contributed by atoms with Gasteiger partial charge in [0.05, 0.1) is 17.2 Å². The second kappa shape index (κ2) is 13.8. The van der Waals surface area contributed by atoms with Gasteiger partial charge in [-0.1, -0.05) is 30.3 Å². The molecule has 4 rings (SSSR count). The first kappa shape index (κ1) is 31.0. The minimum absolute atomic E-state index is 0.0488. The van der Waals surface area contributed by atoms with Gasteiger partial charge in [0.15, 0.2) is 0 Å². The van der Waals surface area contributed by atoms with E-state index in [1.54, 1.807) is 36.4 Å². The topological polar surface area (TPSA) is 194 Å². The largest absolute Gasteiger partial charge is 0.481 e. The number of nitrogens with zero attached hydrogens (tertiary/aromatic N) is 1. The van der Waals surface area contributed by atoms with Crippen LogP contribution in [0.1, 0.15) is 48.5 Å². The van der Waals surface area contributed by atoms with E-state index in [0.717, 1.165) is 5.56 Å². The number of carboxylic acids is 2. The van der Waals surface area contributed by atoms with Crippen molar-refractivity contribution in [2.75, 3.05) is 23.3 Å². The van der Waals surface area contributed by atoms with Crippen LogP contribution in [-0.4, -0.2) is 77.0 Å². The predicted molar refractivity (Wildman–Crippen MR) is 155 cm³/mol. The van der Waals surface area contributed by atoms with Crippen molar-refractivity contribution in [2.45, 2.75) is 57.2 Å². The maximum Gasteiger partial charge on any atom is 0.306 e. The fraction of sp³-hybridized carbons (Fsp3) is 0.400. The van der Waals surface area contributed by atoms with Crippen LogP contribution in [0.5, 0.6) is 0 Å². The van der Waals surface area contributed by atoms with Crippen LogP contribution in [0.15, 0.2) is 48.5 Å². The number of hydrogen-bond donors (Lipinski definition) is 6. The van der Waals surface area contributed by atoms with E-state index >= 15 is 0 Å². The molecule has 2 aliphatic heterocycles. The van der Waals surface area contributed by atoms with Crippen molar-refractivity contribution in [3.63, 3.8) is 0 Å². The number of carbonyl (C=O) groups excluding carboxylic acids is 4. The third kappa shape index (κ3) is 8.09. The molecule has 1 fully saturated rings. The van der Waals surface area contributed by atoms with Crippen LogP contribution in [0.2, 0.25) is 0 Å². The molecule has 0 aliphatic carbocycles. The van der Waals surface area contributed by atoms with Gasteiger partial charge in [0.25, 0.3) is 5.91 Å². The van der Waals surface area contributed by atoms with Crippen molar-refractivity contribution in [2.24, 2.45) is 5.92 Å². The van der Waals surface area contributed by atoms with Gasteiger partial charge in [0.1, 0.15) is 18.1 Å². The van der Waals surface area contributed by atoms with Gasteiger partial charge < -0.3 is 36.4 Å². The smallest absolute Gasteiger partial charge is 0.306 e. The lowest BCUT2D eigenvalue weighted by Crippen LogP contribution is -2.55. The summed E-state index contributed by atoms with van der Waals surface area (Å²) in [6, 6.07) is 10.4. The molecule has 2 aliphatic rings. The number of rotatable bonds is 7.